The van der Waals surface area contributed by atoms with E-state index in [4.69, 9.17) is 0 Å². The molecule has 2 aromatic rings. The predicted octanol–water partition coefficient (Wildman–Crippen LogP) is 3.35. The molecule has 0 radical (unpaired) electrons. The summed E-state index contributed by atoms with van der Waals surface area (Å²) in [7, 11) is 0. The van der Waals surface area contributed by atoms with Gasteiger partial charge in [-0.2, -0.15) is 0 Å². The van der Waals surface area contributed by atoms with Gasteiger partial charge in [-0.25, -0.2) is 15.0 Å². The molecule has 2 rings (SSSR count). The molecule has 0 saturated carbocycles. The first-order valence-corrected chi connectivity index (χ1v) is 7.01. The van der Waals surface area contributed by atoms with Gasteiger partial charge in [-0.1, -0.05) is 6.92 Å². The molecule has 4 nitrogen and oxygen atoms in total. The van der Waals surface area contributed by atoms with Gasteiger partial charge in [0.2, 0.25) is 0 Å². The lowest BCUT2D eigenvalue weighted by molar-refractivity contribution is 0.954. The summed E-state index contributed by atoms with van der Waals surface area (Å²) in [6.45, 7) is 9.11. The fourth-order valence-electron chi connectivity index (χ4n) is 1.60. The molecule has 0 aromatic carbocycles. The van der Waals surface area contributed by atoms with Crippen molar-refractivity contribution in [2.45, 2.75) is 34.1 Å². The van der Waals surface area contributed by atoms with Crippen LogP contribution in [0.15, 0.2) is 5.38 Å². The van der Waals surface area contributed by atoms with Crippen molar-refractivity contribution in [3.05, 3.63) is 22.3 Å². The van der Waals surface area contributed by atoms with Crippen LogP contribution in [0.4, 0.5) is 5.82 Å². The molecule has 96 valence electrons. The Morgan fingerprint density at radius 3 is 2.56 bits per heavy atom. The lowest BCUT2D eigenvalue weighted by Crippen LogP contribution is -2.07. The lowest BCUT2D eigenvalue weighted by Gasteiger charge is -2.10. The van der Waals surface area contributed by atoms with Crippen molar-refractivity contribution >= 4 is 17.2 Å². The van der Waals surface area contributed by atoms with Crippen LogP contribution in [0.25, 0.3) is 10.8 Å². The lowest BCUT2D eigenvalue weighted by atomic mass is 10.2. The molecule has 0 unspecified atom stereocenters. The number of anilines is 1. The van der Waals surface area contributed by atoms with Crippen molar-refractivity contribution in [3.63, 3.8) is 0 Å². The van der Waals surface area contributed by atoms with E-state index in [-0.39, 0.29) is 0 Å². The molecule has 18 heavy (non-hydrogen) atoms. The molecule has 0 atom stereocenters. The summed E-state index contributed by atoms with van der Waals surface area (Å²) in [6, 6.07) is 0. The minimum absolute atomic E-state index is 0.717. The number of nitrogens with one attached hydrogen (secondary N) is 1. The molecular weight excluding hydrogens is 244 g/mol. The maximum absolute atomic E-state index is 4.58. The van der Waals surface area contributed by atoms with E-state index in [1.807, 2.05) is 26.2 Å². The van der Waals surface area contributed by atoms with Crippen LogP contribution in [0.2, 0.25) is 0 Å². The van der Waals surface area contributed by atoms with Crippen LogP contribution in [0.1, 0.15) is 30.3 Å². The van der Waals surface area contributed by atoms with Gasteiger partial charge in [-0.15, -0.1) is 11.3 Å². The van der Waals surface area contributed by atoms with Crippen LogP contribution in [0, 0.1) is 20.8 Å². The largest absolute Gasteiger partial charge is 0.370 e. The average Bonchev–Trinajstić information content (AvgIpc) is 2.77. The highest BCUT2D eigenvalue weighted by molar-refractivity contribution is 7.13. The number of aromatic nitrogens is 3. The molecule has 2 heterocycles. The number of hydrogen-bond acceptors (Lipinski definition) is 5. The summed E-state index contributed by atoms with van der Waals surface area (Å²) in [4.78, 5) is 13.5. The molecule has 2 aromatic heterocycles. The van der Waals surface area contributed by atoms with Gasteiger partial charge in [0.25, 0.3) is 0 Å². The van der Waals surface area contributed by atoms with Crippen LogP contribution >= 0.6 is 11.3 Å². The van der Waals surface area contributed by atoms with Gasteiger partial charge in [0.05, 0.1) is 0 Å². The first-order chi connectivity index (χ1) is 8.61. The van der Waals surface area contributed by atoms with Gasteiger partial charge in [0, 0.05) is 28.9 Å². The number of rotatable bonds is 4. The number of hydrogen-bond donors (Lipinski definition) is 1. The fourth-order valence-corrected chi connectivity index (χ4v) is 2.32. The van der Waals surface area contributed by atoms with E-state index in [0.29, 0.717) is 0 Å². The smallest absolute Gasteiger partial charge is 0.190 e. The van der Waals surface area contributed by atoms with Crippen molar-refractivity contribution in [3.8, 4) is 10.8 Å². The topological polar surface area (TPSA) is 50.7 Å². The van der Waals surface area contributed by atoms with Gasteiger partial charge < -0.3 is 5.32 Å². The Kier molecular flexibility index (Phi) is 3.91. The Morgan fingerprint density at radius 2 is 1.94 bits per heavy atom. The van der Waals surface area contributed by atoms with Gasteiger partial charge in [0.15, 0.2) is 10.8 Å². The van der Waals surface area contributed by atoms with Gasteiger partial charge in [-0.05, 0) is 27.2 Å². The number of nitrogens with zero attached hydrogens (tertiary/aromatic N) is 3. The molecule has 0 aliphatic carbocycles. The summed E-state index contributed by atoms with van der Waals surface area (Å²) < 4.78 is 0. The number of thiazole rings is 1. The van der Waals surface area contributed by atoms with E-state index in [9.17, 15) is 0 Å². The highest BCUT2D eigenvalue weighted by Gasteiger charge is 2.11. The maximum atomic E-state index is 4.58. The summed E-state index contributed by atoms with van der Waals surface area (Å²) >= 11 is 1.59. The van der Waals surface area contributed by atoms with Crippen LogP contribution in [0.5, 0.6) is 0 Å². The van der Waals surface area contributed by atoms with Crippen molar-refractivity contribution in [2.75, 3.05) is 11.9 Å². The van der Waals surface area contributed by atoms with Crippen molar-refractivity contribution in [2.24, 2.45) is 0 Å². The van der Waals surface area contributed by atoms with E-state index in [2.05, 4.69) is 27.2 Å². The summed E-state index contributed by atoms with van der Waals surface area (Å²) in [6.07, 6.45) is 1.08. The second-order valence-corrected chi connectivity index (χ2v) is 5.19. The molecule has 0 fully saturated rings. The number of aryl methyl sites for hydroxylation is 2. The minimum atomic E-state index is 0.717. The zero-order chi connectivity index (χ0) is 13.1. The highest BCUT2D eigenvalue weighted by Crippen LogP contribution is 2.24. The minimum Gasteiger partial charge on any atom is -0.370 e. The Labute approximate surface area is 112 Å². The van der Waals surface area contributed by atoms with Gasteiger partial charge in [-0.3, -0.25) is 0 Å². The van der Waals surface area contributed by atoms with Crippen molar-refractivity contribution < 1.29 is 0 Å². The second kappa shape index (κ2) is 5.44. The highest BCUT2D eigenvalue weighted by atomic mass is 32.1. The van der Waals surface area contributed by atoms with E-state index >= 15 is 0 Å². The Balaban J connectivity index is 2.40. The Morgan fingerprint density at radius 1 is 1.17 bits per heavy atom. The maximum Gasteiger partial charge on any atom is 0.190 e. The Bertz CT molecular complexity index is 548. The fraction of sp³-hybridized carbons (Fsp3) is 0.462. The molecule has 0 saturated heterocycles. The molecule has 0 spiro atoms. The Hall–Kier alpha value is -1.49. The summed E-state index contributed by atoms with van der Waals surface area (Å²) in [5, 5.41) is 6.25. The third-order valence-electron chi connectivity index (χ3n) is 2.74. The second-order valence-electron chi connectivity index (χ2n) is 4.33. The van der Waals surface area contributed by atoms with Gasteiger partial charge in [0.1, 0.15) is 5.82 Å². The standard InChI is InChI=1S/C13H18N4S/c1-5-6-14-11-9(3)10(4)16-12(17-11)13-15-8(2)7-18-13/h7H,5-6H2,1-4H3,(H,14,16,17). The van der Waals surface area contributed by atoms with E-state index in [1.54, 1.807) is 11.3 Å². The summed E-state index contributed by atoms with van der Waals surface area (Å²) in [5.74, 6) is 1.64. The first kappa shape index (κ1) is 13.0. The van der Waals surface area contributed by atoms with E-state index in [1.165, 1.54) is 0 Å². The molecular formula is C13H18N4S. The van der Waals surface area contributed by atoms with E-state index in [0.717, 1.165) is 46.6 Å². The first-order valence-electron chi connectivity index (χ1n) is 6.13. The third-order valence-corrected chi connectivity index (χ3v) is 3.70. The molecule has 5 heteroatoms. The quantitative estimate of drug-likeness (QED) is 0.918. The third kappa shape index (κ3) is 2.67. The summed E-state index contributed by atoms with van der Waals surface area (Å²) in [5.41, 5.74) is 3.13. The molecule has 1 N–H and O–H groups in total. The van der Waals surface area contributed by atoms with Crippen molar-refractivity contribution in [1.82, 2.24) is 15.0 Å². The zero-order valence-electron chi connectivity index (χ0n) is 11.2. The van der Waals surface area contributed by atoms with E-state index < -0.39 is 0 Å². The van der Waals surface area contributed by atoms with Gasteiger partial charge >= 0.3 is 0 Å². The zero-order valence-corrected chi connectivity index (χ0v) is 12.1. The van der Waals surface area contributed by atoms with Crippen LogP contribution in [-0.2, 0) is 0 Å². The predicted molar refractivity (Wildman–Crippen MR) is 76.1 cm³/mol. The normalized spacial score (nSPS) is 10.7. The van der Waals surface area contributed by atoms with Crippen molar-refractivity contribution in [1.29, 1.82) is 0 Å². The van der Waals surface area contributed by atoms with Crippen LogP contribution in [0.3, 0.4) is 0 Å². The molecule has 0 bridgehead atoms. The SMILES string of the molecule is CCCNc1nc(-c2nc(C)cs2)nc(C)c1C. The van der Waals surface area contributed by atoms with Crippen LogP contribution < -0.4 is 5.32 Å². The molecule has 0 amide bonds. The molecule has 0 aliphatic heterocycles. The molecule has 0 aliphatic rings. The average molecular weight is 262 g/mol. The monoisotopic (exact) mass is 262 g/mol. The van der Waals surface area contributed by atoms with Crippen LogP contribution in [-0.4, -0.2) is 21.5 Å².